The molecular weight excluding hydrogens is 248 g/mol. The van der Waals surface area contributed by atoms with Crippen molar-refractivity contribution in [2.45, 2.75) is 91.6 Å². The summed E-state index contributed by atoms with van der Waals surface area (Å²) in [5.41, 5.74) is 6.22. The van der Waals surface area contributed by atoms with Gasteiger partial charge in [0, 0.05) is 29.3 Å². The van der Waals surface area contributed by atoms with E-state index in [-0.39, 0.29) is 28.8 Å². The molecule has 0 aliphatic heterocycles. The Hall–Kier alpha value is -0.570. The van der Waals surface area contributed by atoms with Gasteiger partial charge in [0.05, 0.1) is 0 Å². The summed E-state index contributed by atoms with van der Waals surface area (Å²) in [5.74, 6) is 0.193. The van der Waals surface area contributed by atoms with E-state index in [4.69, 9.17) is 5.73 Å². The number of nitrogens with one attached hydrogen (secondary N) is 1. The van der Waals surface area contributed by atoms with Gasteiger partial charge in [-0.25, -0.2) is 0 Å². The summed E-state index contributed by atoms with van der Waals surface area (Å²) in [6, 6.07) is 0.340. The van der Waals surface area contributed by atoms with Crippen LogP contribution in [0, 0.1) is 10.8 Å². The van der Waals surface area contributed by atoms with Crippen molar-refractivity contribution in [2.24, 2.45) is 16.6 Å². The Labute approximate surface area is 125 Å². The quantitative estimate of drug-likeness (QED) is 0.668. The molecule has 0 heterocycles. The van der Waals surface area contributed by atoms with Gasteiger partial charge in [-0.1, -0.05) is 66.7 Å². The van der Waals surface area contributed by atoms with Gasteiger partial charge in [-0.2, -0.15) is 0 Å². The lowest BCUT2D eigenvalue weighted by Crippen LogP contribution is -2.76. The number of carbonyl (C=O) groups excluding carboxylic acids is 1. The second-order valence-electron chi connectivity index (χ2n) is 7.64. The van der Waals surface area contributed by atoms with Crippen LogP contribution in [0.1, 0.15) is 79.6 Å². The summed E-state index contributed by atoms with van der Waals surface area (Å²) < 4.78 is 0. The van der Waals surface area contributed by atoms with E-state index in [2.05, 4.69) is 39.9 Å². The van der Waals surface area contributed by atoms with E-state index in [0.717, 1.165) is 6.42 Å². The van der Waals surface area contributed by atoms with Crippen molar-refractivity contribution in [1.29, 1.82) is 0 Å². The molecule has 1 aliphatic rings. The van der Waals surface area contributed by atoms with Crippen LogP contribution in [0.4, 0.5) is 0 Å². The predicted molar refractivity (Wildman–Crippen MR) is 85.5 cm³/mol. The predicted octanol–water partition coefficient (Wildman–Crippen LogP) is 3.62. The summed E-state index contributed by atoms with van der Waals surface area (Å²) in [7, 11) is 0. The van der Waals surface area contributed by atoms with Gasteiger partial charge in [-0.15, -0.1) is 0 Å². The summed E-state index contributed by atoms with van der Waals surface area (Å²) in [5, 5.41) is 3.21. The summed E-state index contributed by atoms with van der Waals surface area (Å²) >= 11 is 0. The molecule has 0 radical (unpaired) electrons. The maximum Gasteiger partial charge on any atom is 0.220 e. The first-order valence-corrected chi connectivity index (χ1v) is 8.29. The van der Waals surface area contributed by atoms with Crippen LogP contribution in [0.3, 0.4) is 0 Å². The fourth-order valence-corrected chi connectivity index (χ4v) is 3.85. The van der Waals surface area contributed by atoms with Gasteiger partial charge in [0.1, 0.15) is 0 Å². The first-order valence-electron chi connectivity index (χ1n) is 8.29. The topological polar surface area (TPSA) is 55.1 Å². The number of hydrogen-bond donors (Lipinski definition) is 2. The Morgan fingerprint density at radius 1 is 1.00 bits per heavy atom. The summed E-state index contributed by atoms with van der Waals surface area (Å²) in [6.45, 7) is 10.8. The molecule has 1 rings (SSSR count). The number of rotatable bonds is 8. The second-order valence-corrected chi connectivity index (χ2v) is 7.64. The largest absolute Gasteiger partial charge is 0.352 e. The second kappa shape index (κ2) is 6.93. The zero-order chi connectivity index (χ0) is 15.4. The molecule has 0 aromatic heterocycles. The molecule has 0 spiro atoms. The van der Waals surface area contributed by atoms with E-state index in [1.165, 1.54) is 32.1 Å². The minimum atomic E-state index is 0.000284. The number of nitrogens with two attached hydrogens (primary N) is 1. The van der Waals surface area contributed by atoms with Gasteiger partial charge < -0.3 is 11.1 Å². The molecule has 1 saturated carbocycles. The maximum atomic E-state index is 12.1. The van der Waals surface area contributed by atoms with Gasteiger partial charge in [0.25, 0.3) is 0 Å². The van der Waals surface area contributed by atoms with Crippen LogP contribution in [0.25, 0.3) is 0 Å². The average molecular weight is 282 g/mol. The Morgan fingerprint density at radius 2 is 1.50 bits per heavy atom. The summed E-state index contributed by atoms with van der Waals surface area (Å²) in [4.78, 5) is 12.1. The van der Waals surface area contributed by atoms with Crippen molar-refractivity contribution >= 4 is 5.91 Å². The highest BCUT2D eigenvalue weighted by Crippen LogP contribution is 2.52. The minimum Gasteiger partial charge on any atom is -0.352 e. The Morgan fingerprint density at radius 3 is 2.05 bits per heavy atom. The third-order valence-corrected chi connectivity index (χ3v) is 5.15. The normalized spacial score (nSPS) is 26.9. The molecule has 3 nitrogen and oxygen atoms in total. The molecular formula is C17H34N2O. The SMILES string of the molecule is CCCCCCCCC(=O)NC1C(C)(C)C(N)C1(C)C. The first-order chi connectivity index (χ1) is 9.24. The molecule has 0 unspecified atom stereocenters. The van der Waals surface area contributed by atoms with Crippen molar-refractivity contribution in [2.75, 3.05) is 0 Å². The lowest BCUT2D eigenvalue weighted by Gasteiger charge is -2.62. The van der Waals surface area contributed by atoms with Crippen LogP contribution in [0.5, 0.6) is 0 Å². The highest BCUT2D eigenvalue weighted by atomic mass is 16.1. The molecule has 3 N–H and O–H groups in total. The molecule has 1 aliphatic carbocycles. The first kappa shape index (κ1) is 17.5. The highest BCUT2D eigenvalue weighted by Gasteiger charge is 2.60. The lowest BCUT2D eigenvalue weighted by molar-refractivity contribution is -0.132. The van der Waals surface area contributed by atoms with Crippen LogP contribution in [-0.2, 0) is 4.79 Å². The smallest absolute Gasteiger partial charge is 0.220 e. The minimum absolute atomic E-state index is 0.000284. The highest BCUT2D eigenvalue weighted by molar-refractivity contribution is 5.76. The third-order valence-electron chi connectivity index (χ3n) is 5.15. The number of carbonyl (C=O) groups is 1. The molecule has 0 bridgehead atoms. The van der Waals surface area contributed by atoms with Crippen molar-refractivity contribution < 1.29 is 4.79 Å². The number of amides is 1. The van der Waals surface area contributed by atoms with Gasteiger partial charge >= 0.3 is 0 Å². The fourth-order valence-electron chi connectivity index (χ4n) is 3.85. The lowest BCUT2D eigenvalue weighted by atomic mass is 9.48. The molecule has 0 aromatic carbocycles. The molecule has 0 saturated heterocycles. The molecule has 1 fully saturated rings. The summed E-state index contributed by atoms with van der Waals surface area (Å²) in [6.07, 6.45) is 7.98. The van der Waals surface area contributed by atoms with Crippen molar-refractivity contribution in [1.82, 2.24) is 5.32 Å². The van der Waals surface area contributed by atoms with Gasteiger partial charge in [-0.05, 0) is 6.42 Å². The van der Waals surface area contributed by atoms with E-state index in [1.807, 2.05) is 0 Å². The van der Waals surface area contributed by atoms with E-state index in [9.17, 15) is 4.79 Å². The zero-order valence-corrected chi connectivity index (χ0v) is 14.1. The Balaban J connectivity index is 2.26. The molecule has 1 amide bonds. The van der Waals surface area contributed by atoms with Crippen molar-refractivity contribution in [3.05, 3.63) is 0 Å². The molecule has 20 heavy (non-hydrogen) atoms. The van der Waals surface area contributed by atoms with E-state index in [0.29, 0.717) is 6.42 Å². The van der Waals surface area contributed by atoms with Gasteiger partial charge in [0.15, 0.2) is 0 Å². The van der Waals surface area contributed by atoms with Crippen molar-refractivity contribution in [3.8, 4) is 0 Å². The van der Waals surface area contributed by atoms with Crippen LogP contribution >= 0.6 is 0 Å². The fraction of sp³-hybridized carbons (Fsp3) is 0.941. The Bertz CT molecular complexity index is 307. The third kappa shape index (κ3) is 3.75. The monoisotopic (exact) mass is 282 g/mol. The van der Waals surface area contributed by atoms with E-state index in [1.54, 1.807) is 0 Å². The number of unbranched alkanes of at least 4 members (excludes halogenated alkanes) is 5. The Kier molecular flexibility index (Phi) is 6.06. The molecule has 3 heteroatoms. The van der Waals surface area contributed by atoms with Crippen molar-refractivity contribution in [3.63, 3.8) is 0 Å². The zero-order valence-electron chi connectivity index (χ0n) is 14.1. The van der Waals surface area contributed by atoms with Crippen LogP contribution in [-0.4, -0.2) is 18.0 Å². The van der Waals surface area contributed by atoms with E-state index < -0.39 is 0 Å². The number of hydrogen-bond acceptors (Lipinski definition) is 2. The molecule has 0 aromatic rings. The molecule has 118 valence electrons. The van der Waals surface area contributed by atoms with E-state index >= 15 is 0 Å². The van der Waals surface area contributed by atoms with Gasteiger partial charge in [0.2, 0.25) is 5.91 Å². The average Bonchev–Trinajstić information content (AvgIpc) is 2.38. The standard InChI is InChI=1S/C17H34N2O/c1-6-7-8-9-10-11-12-13(20)19-15-16(2,3)14(18)17(15,4)5/h14-15H,6-12,18H2,1-5H3,(H,19,20). The molecule has 0 atom stereocenters. The van der Waals surface area contributed by atoms with Crippen LogP contribution in [0.15, 0.2) is 0 Å². The van der Waals surface area contributed by atoms with Crippen LogP contribution in [0.2, 0.25) is 0 Å². The van der Waals surface area contributed by atoms with Gasteiger partial charge in [-0.3, -0.25) is 4.79 Å². The maximum absolute atomic E-state index is 12.1. The van der Waals surface area contributed by atoms with Crippen LogP contribution < -0.4 is 11.1 Å².